The van der Waals surface area contributed by atoms with Crippen molar-refractivity contribution in [1.82, 2.24) is 5.32 Å². The lowest BCUT2D eigenvalue weighted by molar-refractivity contribution is -0.0110. The average molecular weight is 279 g/mol. The molecule has 0 aromatic heterocycles. The fraction of sp³-hybridized carbons (Fsp3) is 0.647. The zero-order chi connectivity index (χ0) is 15.0. The van der Waals surface area contributed by atoms with Crippen molar-refractivity contribution >= 4 is 0 Å². The van der Waals surface area contributed by atoms with E-state index in [0.717, 1.165) is 31.7 Å². The Morgan fingerprint density at radius 2 is 1.75 bits per heavy atom. The second-order valence-electron chi connectivity index (χ2n) is 5.61. The molecule has 1 atom stereocenters. The van der Waals surface area contributed by atoms with Gasteiger partial charge in [-0.2, -0.15) is 0 Å². The quantitative estimate of drug-likeness (QED) is 0.742. The van der Waals surface area contributed by atoms with E-state index in [1.165, 1.54) is 5.56 Å². The van der Waals surface area contributed by atoms with Gasteiger partial charge in [-0.15, -0.1) is 0 Å². The fourth-order valence-electron chi connectivity index (χ4n) is 2.15. The summed E-state index contributed by atoms with van der Waals surface area (Å²) in [5, 5.41) is 3.57. The molecule has 0 radical (unpaired) electrons. The molecule has 0 aliphatic heterocycles. The standard InChI is InChI=1S/C17H29NO2/c1-6-12-18-16(17(3,4)19-5)14-8-10-15(11-9-14)20-13-7-2/h8-11,16,18H,6-7,12-13H2,1-5H3. The molecule has 0 saturated carbocycles. The highest BCUT2D eigenvalue weighted by Crippen LogP contribution is 2.29. The zero-order valence-corrected chi connectivity index (χ0v) is 13.5. The highest BCUT2D eigenvalue weighted by atomic mass is 16.5. The summed E-state index contributed by atoms with van der Waals surface area (Å²) in [5.41, 5.74) is 0.982. The molecule has 0 amide bonds. The van der Waals surface area contributed by atoms with E-state index in [4.69, 9.17) is 9.47 Å². The second-order valence-corrected chi connectivity index (χ2v) is 5.61. The van der Waals surface area contributed by atoms with Gasteiger partial charge >= 0.3 is 0 Å². The minimum absolute atomic E-state index is 0.174. The van der Waals surface area contributed by atoms with E-state index < -0.39 is 0 Å². The van der Waals surface area contributed by atoms with Gasteiger partial charge in [0.05, 0.1) is 18.2 Å². The number of hydrogen-bond donors (Lipinski definition) is 1. The van der Waals surface area contributed by atoms with Crippen molar-refractivity contribution in [3.05, 3.63) is 29.8 Å². The predicted molar refractivity (Wildman–Crippen MR) is 84.4 cm³/mol. The summed E-state index contributed by atoms with van der Waals surface area (Å²) in [6.45, 7) is 10.3. The Balaban J connectivity index is 2.85. The van der Waals surface area contributed by atoms with Crippen molar-refractivity contribution in [3.8, 4) is 5.75 Å². The lowest BCUT2D eigenvalue weighted by atomic mass is 9.91. The Kier molecular flexibility index (Phi) is 7.03. The molecule has 0 saturated heterocycles. The number of methoxy groups -OCH3 is 1. The molecule has 20 heavy (non-hydrogen) atoms. The average Bonchev–Trinajstić information content (AvgIpc) is 2.46. The number of rotatable bonds is 9. The van der Waals surface area contributed by atoms with E-state index in [1.807, 2.05) is 12.1 Å². The van der Waals surface area contributed by atoms with Crippen LogP contribution in [0, 0.1) is 0 Å². The highest BCUT2D eigenvalue weighted by Gasteiger charge is 2.30. The number of hydrogen-bond acceptors (Lipinski definition) is 3. The maximum atomic E-state index is 5.65. The van der Waals surface area contributed by atoms with Gasteiger partial charge in [0.15, 0.2) is 0 Å². The third-order valence-electron chi connectivity index (χ3n) is 3.51. The van der Waals surface area contributed by atoms with Gasteiger partial charge in [0.2, 0.25) is 0 Å². The molecule has 114 valence electrons. The van der Waals surface area contributed by atoms with Crippen molar-refractivity contribution in [2.24, 2.45) is 0 Å². The van der Waals surface area contributed by atoms with Crippen molar-refractivity contribution in [1.29, 1.82) is 0 Å². The Labute approximate surface area is 123 Å². The molecular weight excluding hydrogens is 250 g/mol. The van der Waals surface area contributed by atoms with Crippen LogP contribution in [0.4, 0.5) is 0 Å². The third-order valence-corrected chi connectivity index (χ3v) is 3.51. The van der Waals surface area contributed by atoms with Crippen LogP contribution in [0.1, 0.15) is 52.1 Å². The Morgan fingerprint density at radius 3 is 2.25 bits per heavy atom. The van der Waals surface area contributed by atoms with Crippen LogP contribution in [-0.4, -0.2) is 25.9 Å². The first-order valence-electron chi connectivity index (χ1n) is 7.56. The van der Waals surface area contributed by atoms with Gasteiger partial charge in [0, 0.05) is 7.11 Å². The summed E-state index contributed by atoms with van der Waals surface area (Å²) in [7, 11) is 1.76. The summed E-state index contributed by atoms with van der Waals surface area (Å²) >= 11 is 0. The first kappa shape index (κ1) is 17.0. The molecule has 3 nitrogen and oxygen atoms in total. The molecule has 0 fully saturated rings. The molecule has 1 aromatic carbocycles. The van der Waals surface area contributed by atoms with Gasteiger partial charge in [-0.25, -0.2) is 0 Å². The molecule has 0 heterocycles. The van der Waals surface area contributed by atoms with Gasteiger partial charge in [-0.1, -0.05) is 26.0 Å². The monoisotopic (exact) mass is 279 g/mol. The van der Waals surface area contributed by atoms with E-state index in [-0.39, 0.29) is 11.6 Å². The molecule has 0 aliphatic rings. The lowest BCUT2D eigenvalue weighted by Crippen LogP contribution is -2.41. The summed E-state index contributed by atoms with van der Waals surface area (Å²) in [6, 6.07) is 8.50. The molecular formula is C17H29NO2. The second kappa shape index (κ2) is 8.28. The molecule has 0 aliphatic carbocycles. The van der Waals surface area contributed by atoms with Crippen LogP contribution in [0.15, 0.2) is 24.3 Å². The van der Waals surface area contributed by atoms with Crippen molar-refractivity contribution in [3.63, 3.8) is 0 Å². The minimum atomic E-state index is -0.249. The fourth-order valence-corrected chi connectivity index (χ4v) is 2.15. The van der Waals surface area contributed by atoms with Crippen LogP contribution >= 0.6 is 0 Å². The molecule has 1 rings (SSSR count). The van der Waals surface area contributed by atoms with Crippen molar-refractivity contribution in [2.75, 3.05) is 20.3 Å². The normalized spacial score (nSPS) is 13.2. The first-order valence-corrected chi connectivity index (χ1v) is 7.56. The SMILES string of the molecule is CCCNC(c1ccc(OCCC)cc1)C(C)(C)OC. The third kappa shape index (κ3) is 4.80. The maximum absolute atomic E-state index is 5.65. The summed E-state index contributed by atoms with van der Waals surface area (Å²) in [6.07, 6.45) is 2.13. The van der Waals surface area contributed by atoms with Gasteiger partial charge in [0.25, 0.3) is 0 Å². The first-order chi connectivity index (χ1) is 9.55. The lowest BCUT2D eigenvalue weighted by Gasteiger charge is -2.34. The van der Waals surface area contributed by atoms with Crippen molar-refractivity contribution in [2.45, 2.75) is 52.2 Å². The molecule has 1 aromatic rings. The molecule has 3 heteroatoms. The highest BCUT2D eigenvalue weighted by molar-refractivity contribution is 5.30. The van der Waals surface area contributed by atoms with Gasteiger partial charge < -0.3 is 14.8 Å². The number of nitrogens with one attached hydrogen (secondary N) is 1. The molecule has 1 N–H and O–H groups in total. The summed E-state index contributed by atoms with van der Waals surface area (Å²) < 4.78 is 11.3. The van der Waals surface area contributed by atoms with E-state index in [2.05, 4.69) is 45.1 Å². The van der Waals surface area contributed by atoms with E-state index in [1.54, 1.807) is 7.11 Å². The molecule has 0 bridgehead atoms. The largest absolute Gasteiger partial charge is 0.494 e. The van der Waals surface area contributed by atoms with Crippen molar-refractivity contribution < 1.29 is 9.47 Å². The maximum Gasteiger partial charge on any atom is 0.119 e. The number of ether oxygens (including phenoxy) is 2. The Morgan fingerprint density at radius 1 is 1.10 bits per heavy atom. The molecule has 0 spiro atoms. The Bertz CT molecular complexity index is 373. The Hall–Kier alpha value is -1.06. The van der Waals surface area contributed by atoms with Gasteiger partial charge in [0.1, 0.15) is 5.75 Å². The van der Waals surface area contributed by atoms with Crippen LogP contribution < -0.4 is 10.1 Å². The zero-order valence-electron chi connectivity index (χ0n) is 13.5. The minimum Gasteiger partial charge on any atom is -0.494 e. The predicted octanol–water partition coefficient (Wildman–Crippen LogP) is 3.94. The van der Waals surface area contributed by atoms with Crippen LogP contribution in [0.5, 0.6) is 5.75 Å². The van der Waals surface area contributed by atoms with Gasteiger partial charge in [-0.3, -0.25) is 0 Å². The van der Waals surface area contributed by atoms with Crippen LogP contribution in [0.2, 0.25) is 0 Å². The summed E-state index contributed by atoms with van der Waals surface area (Å²) in [4.78, 5) is 0. The molecule has 1 unspecified atom stereocenters. The van der Waals surface area contributed by atoms with E-state index in [9.17, 15) is 0 Å². The van der Waals surface area contributed by atoms with Crippen LogP contribution in [-0.2, 0) is 4.74 Å². The summed E-state index contributed by atoms with van der Waals surface area (Å²) in [5.74, 6) is 0.931. The number of benzene rings is 1. The van der Waals surface area contributed by atoms with Gasteiger partial charge in [-0.05, 0) is 50.9 Å². The smallest absolute Gasteiger partial charge is 0.119 e. The van der Waals surface area contributed by atoms with E-state index in [0.29, 0.717) is 0 Å². The van der Waals surface area contributed by atoms with Crippen LogP contribution in [0.3, 0.4) is 0 Å². The van der Waals surface area contributed by atoms with Crippen LogP contribution in [0.25, 0.3) is 0 Å². The van der Waals surface area contributed by atoms with E-state index >= 15 is 0 Å². The topological polar surface area (TPSA) is 30.5 Å².